The third-order valence-electron chi connectivity index (χ3n) is 4.63. The SMILES string of the molecule is Cc1ccc2cc(C(=O)N3CCN(C(=O)c4ccoc4)CC3)[nH]c2c1. The number of benzene rings is 1. The molecule has 0 unspecified atom stereocenters. The number of nitrogens with zero attached hydrogens (tertiary/aromatic N) is 2. The van der Waals surface area contributed by atoms with Crippen molar-refractivity contribution in [3.63, 3.8) is 0 Å². The zero-order valence-electron chi connectivity index (χ0n) is 14.0. The van der Waals surface area contributed by atoms with Gasteiger partial charge in [0.1, 0.15) is 12.0 Å². The number of aromatic amines is 1. The number of carbonyl (C=O) groups is 2. The van der Waals surface area contributed by atoms with Crippen LogP contribution in [0.4, 0.5) is 0 Å². The Morgan fingerprint density at radius 3 is 2.40 bits per heavy atom. The average molecular weight is 337 g/mol. The first-order valence-corrected chi connectivity index (χ1v) is 8.32. The second kappa shape index (κ2) is 6.12. The highest BCUT2D eigenvalue weighted by atomic mass is 16.3. The molecule has 1 fully saturated rings. The number of fused-ring (bicyclic) bond motifs is 1. The second-order valence-electron chi connectivity index (χ2n) is 6.37. The van der Waals surface area contributed by atoms with Crippen molar-refractivity contribution < 1.29 is 14.0 Å². The van der Waals surface area contributed by atoms with Crippen molar-refractivity contribution in [2.75, 3.05) is 26.2 Å². The number of H-pyrrole nitrogens is 1. The number of aryl methyl sites for hydroxylation is 1. The molecule has 25 heavy (non-hydrogen) atoms. The number of hydrogen-bond donors (Lipinski definition) is 1. The number of piperazine rings is 1. The van der Waals surface area contributed by atoms with Gasteiger partial charge in [0.2, 0.25) is 0 Å². The first-order chi connectivity index (χ1) is 12.1. The maximum Gasteiger partial charge on any atom is 0.270 e. The van der Waals surface area contributed by atoms with E-state index in [9.17, 15) is 9.59 Å². The molecule has 6 nitrogen and oxygen atoms in total. The normalized spacial score (nSPS) is 14.9. The summed E-state index contributed by atoms with van der Waals surface area (Å²) in [7, 11) is 0. The Balaban J connectivity index is 1.44. The van der Waals surface area contributed by atoms with Gasteiger partial charge in [0.15, 0.2) is 0 Å². The van der Waals surface area contributed by atoms with E-state index in [0.29, 0.717) is 37.4 Å². The number of hydrogen-bond acceptors (Lipinski definition) is 3. The number of nitrogens with one attached hydrogen (secondary N) is 1. The van der Waals surface area contributed by atoms with Gasteiger partial charge in [-0.2, -0.15) is 0 Å². The lowest BCUT2D eigenvalue weighted by molar-refractivity contribution is 0.0532. The van der Waals surface area contributed by atoms with E-state index in [1.165, 1.54) is 12.5 Å². The molecule has 2 amide bonds. The van der Waals surface area contributed by atoms with Gasteiger partial charge in [0, 0.05) is 37.1 Å². The van der Waals surface area contributed by atoms with Crippen LogP contribution in [0.2, 0.25) is 0 Å². The molecular formula is C19H19N3O3. The number of carbonyl (C=O) groups excluding carboxylic acids is 2. The number of rotatable bonds is 2. The van der Waals surface area contributed by atoms with Gasteiger partial charge in [-0.3, -0.25) is 9.59 Å². The minimum absolute atomic E-state index is 0.0238. The molecule has 1 aromatic carbocycles. The largest absolute Gasteiger partial charge is 0.472 e. The molecule has 0 radical (unpaired) electrons. The van der Waals surface area contributed by atoms with Gasteiger partial charge in [0.25, 0.3) is 11.8 Å². The molecule has 1 aliphatic rings. The highest BCUT2D eigenvalue weighted by molar-refractivity contribution is 5.98. The Kier molecular flexibility index (Phi) is 3.80. The summed E-state index contributed by atoms with van der Waals surface area (Å²) < 4.78 is 4.96. The van der Waals surface area contributed by atoms with Crippen molar-refractivity contribution in [2.45, 2.75) is 6.92 Å². The van der Waals surface area contributed by atoms with E-state index >= 15 is 0 Å². The lowest BCUT2D eigenvalue weighted by Gasteiger charge is -2.34. The van der Waals surface area contributed by atoms with E-state index in [0.717, 1.165) is 16.5 Å². The van der Waals surface area contributed by atoms with E-state index in [2.05, 4.69) is 4.98 Å². The summed E-state index contributed by atoms with van der Waals surface area (Å²) in [6.45, 7) is 4.12. The molecule has 0 atom stereocenters. The minimum atomic E-state index is -0.0538. The monoisotopic (exact) mass is 337 g/mol. The maximum absolute atomic E-state index is 12.7. The summed E-state index contributed by atoms with van der Waals surface area (Å²) in [6, 6.07) is 9.63. The Morgan fingerprint density at radius 2 is 1.72 bits per heavy atom. The van der Waals surface area contributed by atoms with E-state index in [-0.39, 0.29) is 11.8 Å². The van der Waals surface area contributed by atoms with Gasteiger partial charge in [0.05, 0.1) is 11.8 Å². The molecule has 0 bridgehead atoms. The number of amides is 2. The standard InChI is InChI=1S/C19H19N3O3/c1-13-2-3-14-11-17(20-16(14)10-13)19(24)22-7-5-21(6-8-22)18(23)15-4-9-25-12-15/h2-4,9-12,20H,5-8H2,1H3. The highest BCUT2D eigenvalue weighted by Crippen LogP contribution is 2.19. The second-order valence-corrected chi connectivity index (χ2v) is 6.37. The van der Waals surface area contributed by atoms with Crippen LogP contribution >= 0.6 is 0 Å². The van der Waals surface area contributed by atoms with E-state index < -0.39 is 0 Å². The van der Waals surface area contributed by atoms with Crippen LogP contribution in [0.3, 0.4) is 0 Å². The Bertz CT molecular complexity index is 919. The van der Waals surface area contributed by atoms with Crippen molar-refractivity contribution in [3.8, 4) is 0 Å². The predicted octanol–water partition coefficient (Wildman–Crippen LogP) is 2.67. The summed E-state index contributed by atoms with van der Waals surface area (Å²) >= 11 is 0. The molecule has 0 saturated carbocycles. The third-order valence-corrected chi connectivity index (χ3v) is 4.63. The van der Waals surface area contributed by atoms with Crippen LogP contribution in [0.25, 0.3) is 10.9 Å². The highest BCUT2D eigenvalue weighted by Gasteiger charge is 2.26. The van der Waals surface area contributed by atoms with Crippen LogP contribution in [0, 0.1) is 6.92 Å². The average Bonchev–Trinajstić information content (AvgIpc) is 3.30. The van der Waals surface area contributed by atoms with Crippen LogP contribution in [-0.4, -0.2) is 52.8 Å². The first kappa shape index (κ1) is 15.5. The van der Waals surface area contributed by atoms with Crippen LogP contribution in [-0.2, 0) is 0 Å². The van der Waals surface area contributed by atoms with E-state index in [4.69, 9.17) is 4.42 Å². The molecule has 1 saturated heterocycles. The minimum Gasteiger partial charge on any atom is -0.472 e. The van der Waals surface area contributed by atoms with Gasteiger partial charge >= 0.3 is 0 Å². The van der Waals surface area contributed by atoms with Gasteiger partial charge in [-0.25, -0.2) is 0 Å². The predicted molar refractivity (Wildman–Crippen MR) is 93.6 cm³/mol. The molecule has 3 aromatic rings. The van der Waals surface area contributed by atoms with Gasteiger partial charge < -0.3 is 19.2 Å². The fourth-order valence-corrected chi connectivity index (χ4v) is 3.21. The quantitative estimate of drug-likeness (QED) is 0.781. The molecule has 128 valence electrons. The molecule has 4 rings (SSSR count). The smallest absolute Gasteiger partial charge is 0.270 e. The molecule has 0 aliphatic carbocycles. The van der Waals surface area contributed by atoms with Crippen LogP contribution in [0.1, 0.15) is 26.4 Å². The van der Waals surface area contributed by atoms with E-state index in [1.807, 2.05) is 31.2 Å². The molecule has 3 heterocycles. The van der Waals surface area contributed by atoms with Crippen molar-refractivity contribution in [1.82, 2.24) is 14.8 Å². The molecular weight excluding hydrogens is 318 g/mol. The van der Waals surface area contributed by atoms with Crippen molar-refractivity contribution in [1.29, 1.82) is 0 Å². The van der Waals surface area contributed by atoms with Crippen LogP contribution in [0.15, 0.2) is 47.3 Å². The van der Waals surface area contributed by atoms with Crippen molar-refractivity contribution >= 4 is 22.7 Å². The molecule has 1 N–H and O–H groups in total. The van der Waals surface area contributed by atoms with Crippen molar-refractivity contribution in [3.05, 3.63) is 59.7 Å². The van der Waals surface area contributed by atoms with Crippen LogP contribution < -0.4 is 0 Å². The van der Waals surface area contributed by atoms with Gasteiger partial charge in [-0.15, -0.1) is 0 Å². The molecule has 2 aromatic heterocycles. The summed E-state index contributed by atoms with van der Waals surface area (Å²) in [5, 5.41) is 1.03. The summed E-state index contributed by atoms with van der Waals surface area (Å²) in [5.74, 6) is -0.0776. The van der Waals surface area contributed by atoms with E-state index in [1.54, 1.807) is 15.9 Å². The Labute approximate surface area is 145 Å². The molecule has 6 heteroatoms. The van der Waals surface area contributed by atoms with Gasteiger partial charge in [-0.1, -0.05) is 12.1 Å². The summed E-state index contributed by atoms with van der Waals surface area (Å²) in [5.41, 5.74) is 3.26. The van der Waals surface area contributed by atoms with Crippen molar-refractivity contribution in [2.24, 2.45) is 0 Å². The lowest BCUT2D eigenvalue weighted by atomic mass is 10.2. The zero-order valence-corrected chi connectivity index (χ0v) is 14.0. The Hall–Kier alpha value is -3.02. The lowest BCUT2D eigenvalue weighted by Crippen LogP contribution is -2.50. The number of furan rings is 1. The first-order valence-electron chi connectivity index (χ1n) is 8.32. The number of aromatic nitrogens is 1. The topological polar surface area (TPSA) is 69.6 Å². The molecule has 0 spiro atoms. The fourth-order valence-electron chi connectivity index (χ4n) is 3.21. The zero-order chi connectivity index (χ0) is 17.4. The fraction of sp³-hybridized carbons (Fsp3) is 0.263. The summed E-state index contributed by atoms with van der Waals surface area (Å²) in [6.07, 6.45) is 2.94. The Morgan fingerprint density at radius 1 is 1.00 bits per heavy atom. The van der Waals surface area contributed by atoms with Gasteiger partial charge in [-0.05, 0) is 30.7 Å². The summed E-state index contributed by atoms with van der Waals surface area (Å²) in [4.78, 5) is 31.8. The molecule has 1 aliphatic heterocycles. The third kappa shape index (κ3) is 2.91. The maximum atomic E-state index is 12.7. The van der Waals surface area contributed by atoms with Crippen LogP contribution in [0.5, 0.6) is 0 Å².